The number of carbonyl (C=O) groups excluding carboxylic acids is 1. The number of esters is 1. The summed E-state index contributed by atoms with van der Waals surface area (Å²) in [6.45, 7) is 4.27. The van der Waals surface area contributed by atoms with E-state index in [9.17, 15) is 4.79 Å². The van der Waals surface area contributed by atoms with Crippen LogP contribution >= 0.6 is 0 Å². The fourth-order valence-corrected chi connectivity index (χ4v) is 1.99. The zero-order valence-corrected chi connectivity index (χ0v) is 10.0. The lowest BCUT2D eigenvalue weighted by Crippen LogP contribution is -2.03. The molecule has 1 fully saturated rings. The van der Waals surface area contributed by atoms with Crippen LogP contribution in [0.1, 0.15) is 43.4 Å². The van der Waals surface area contributed by atoms with Gasteiger partial charge >= 0.3 is 5.97 Å². The molecule has 3 heteroatoms. The van der Waals surface area contributed by atoms with Gasteiger partial charge in [0.1, 0.15) is 12.0 Å². The molecule has 1 aromatic carbocycles. The van der Waals surface area contributed by atoms with Gasteiger partial charge in [-0.2, -0.15) is 5.26 Å². The van der Waals surface area contributed by atoms with E-state index in [4.69, 9.17) is 10.00 Å². The van der Waals surface area contributed by atoms with Crippen LogP contribution in [-0.2, 0) is 9.53 Å². The van der Waals surface area contributed by atoms with E-state index in [1.165, 1.54) is 5.56 Å². The Balaban J connectivity index is 2.14. The molecule has 0 N–H and O–H groups in total. The maximum Gasteiger partial charge on any atom is 0.324 e. The Morgan fingerprint density at radius 1 is 1.35 bits per heavy atom. The molecule has 2 atom stereocenters. The molecule has 1 aliphatic rings. The standard InChI is InChI=1S/C14H15NO2/c1-9(2)10-3-5-11(6-4-10)13-7-12(8-15)14(16)17-13/h3-6,9,12-13H,7H2,1-2H3. The van der Waals surface area contributed by atoms with E-state index in [1.54, 1.807) is 0 Å². The molecular weight excluding hydrogens is 214 g/mol. The van der Waals surface area contributed by atoms with Crippen LogP contribution < -0.4 is 0 Å². The van der Waals surface area contributed by atoms with E-state index in [2.05, 4.69) is 13.8 Å². The molecule has 0 spiro atoms. The van der Waals surface area contributed by atoms with Crippen LogP contribution in [0.3, 0.4) is 0 Å². The van der Waals surface area contributed by atoms with Gasteiger partial charge in [-0.1, -0.05) is 38.1 Å². The Hall–Kier alpha value is -1.82. The van der Waals surface area contributed by atoms with Gasteiger partial charge in [-0.05, 0) is 17.0 Å². The van der Waals surface area contributed by atoms with Crippen molar-refractivity contribution in [1.29, 1.82) is 5.26 Å². The number of nitriles is 1. The molecule has 88 valence electrons. The first-order valence-corrected chi connectivity index (χ1v) is 5.81. The summed E-state index contributed by atoms with van der Waals surface area (Å²) in [6, 6.07) is 10.0. The van der Waals surface area contributed by atoms with Crippen molar-refractivity contribution in [3.8, 4) is 6.07 Å². The highest BCUT2D eigenvalue weighted by molar-refractivity contribution is 5.77. The first-order valence-electron chi connectivity index (χ1n) is 5.81. The number of rotatable bonds is 2. The summed E-state index contributed by atoms with van der Waals surface area (Å²) >= 11 is 0. The average Bonchev–Trinajstić information content (AvgIpc) is 2.70. The number of ether oxygens (including phenoxy) is 1. The number of benzene rings is 1. The van der Waals surface area contributed by atoms with Crippen molar-refractivity contribution in [3.05, 3.63) is 35.4 Å². The monoisotopic (exact) mass is 229 g/mol. The van der Waals surface area contributed by atoms with Crippen LogP contribution in [0.2, 0.25) is 0 Å². The quantitative estimate of drug-likeness (QED) is 0.732. The molecule has 2 rings (SSSR count). The van der Waals surface area contributed by atoms with Crippen LogP contribution in [0.5, 0.6) is 0 Å². The number of carbonyl (C=O) groups is 1. The fourth-order valence-electron chi connectivity index (χ4n) is 1.99. The first kappa shape index (κ1) is 11.7. The van der Waals surface area contributed by atoms with E-state index in [-0.39, 0.29) is 6.10 Å². The van der Waals surface area contributed by atoms with Gasteiger partial charge in [-0.15, -0.1) is 0 Å². The smallest absolute Gasteiger partial charge is 0.324 e. The molecular formula is C14H15NO2. The van der Waals surface area contributed by atoms with Gasteiger partial charge in [0, 0.05) is 6.42 Å². The molecule has 1 aliphatic heterocycles. The summed E-state index contributed by atoms with van der Waals surface area (Å²) in [5.41, 5.74) is 2.23. The molecule has 0 amide bonds. The van der Waals surface area contributed by atoms with Crippen molar-refractivity contribution < 1.29 is 9.53 Å². The van der Waals surface area contributed by atoms with Crippen molar-refractivity contribution in [2.75, 3.05) is 0 Å². The highest BCUT2D eigenvalue weighted by Crippen LogP contribution is 2.33. The SMILES string of the molecule is CC(C)c1ccc(C2CC(C#N)C(=O)O2)cc1. The molecule has 2 unspecified atom stereocenters. The van der Waals surface area contributed by atoms with Gasteiger partial charge in [0.05, 0.1) is 6.07 Å². The van der Waals surface area contributed by atoms with Crippen molar-refractivity contribution in [3.63, 3.8) is 0 Å². The third-order valence-corrected chi connectivity index (χ3v) is 3.12. The second-order valence-electron chi connectivity index (χ2n) is 4.66. The maximum absolute atomic E-state index is 11.3. The molecule has 0 saturated carbocycles. The number of hydrogen-bond donors (Lipinski definition) is 0. The minimum absolute atomic E-state index is 0.256. The van der Waals surface area contributed by atoms with Gasteiger partial charge in [0.15, 0.2) is 0 Å². The predicted octanol–water partition coefficient (Wildman–Crippen LogP) is 2.94. The van der Waals surface area contributed by atoms with Crippen LogP contribution in [0, 0.1) is 17.2 Å². The van der Waals surface area contributed by atoms with E-state index in [0.29, 0.717) is 12.3 Å². The molecule has 3 nitrogen and oxygen atoms in total. The largest absolute Gasteiger partial charge is 0.456 e. The van der Waals surface area contributed by atoms with Crippen LogP contribution in [0.15, 0.2) is 24.3 Å². The normalized spacial score (nSPS) is 23.5. The fraction of sp³-hybridized carbons (Fsp3) is 0.429. The van der Waals surface area contributed by atoms with Crippen LogP contribution in [0.4, 0.5) is 0 Å². The van der Waals surface area contributed by atoms with Crippen molar-refractivity contribution in [2.24, 2.45) is 5.92 Å². The molecule has 17 heavy (non-hydrogen) atoms. The minimum Gasteiger partial charge on any atom is -0.456 e. The Morgan fingerprint density at radius 3 is 2.47 bits per heavy atom. The van der Waals surface area contributed by atoms with E-state index < -0.39 is 11.9 Å². The topological polar surface area (TPSA) is 50.1 Å². The van der Waals surface area contributed by atoms with E-state index >= 15 is 0 Å². The Kier molecular flexibility index (Phi) is 3.14. The average molecular weight is 229 g/mol. The third kappa shape index (κ3) is 2.31. The second kappa shape index (κ2) is 4.58. The summed E-state index contributed by atoms with van der Waals surface area (Å²) in [5.74, 6) is -0.516. The molecule has 1 saturated heterocycles. The molecule has 1 heterocycles. The minimum atomic E-state index is -0.607. The highest BCUT2D eigenvalue weighted by Gasteiger charge is 2.35. The summed E-state index contributed by atoms with van der Waals surface area (Å²) < 4.78 is 5.19. The van der Waals surface area contributed by atoms with E-state index in [0.717, 1.165) is 5.56 Å². The Bertz CT molecular complexity index is 456. The van der Waals surface area contributed by atoms with Crippen molar-refractivity contribution >= 4 is 5.97 Å². The molecule has 1 aromatic rings. The first-order chi connectivity index (χ1) is 8.11. The Labute approximate surface area is 101 Å². The van der Waals surface area contributed by atoms with Gasteiger partial charge in [-0.25, -0.2) is 0 Å². The summed E-state index contributed by atoms with van der Waals surface area (Å²) in [4.78, 5) is 11.3. The summed E-state index contributed by atoms with van der Waals surface area (Å²) in [6.07, 6.45) is 0.212. The maximum atomic E-state index is 11.3. The molecule has 0 aromatic heterocycles. The molecule has 0 bridgehead atoms. The summed E-state index contributed by atoms with van der Waals surface area (Å²) in [7, 11) is 0. The highest BCUT2D eigenvalue weighted by atomic mass is 16.5. The predicted molar refractivity (Wildman–Crippen MR) is 63.1 cm³/mol. The van der Waals surface area contributed by atoms with Crippen LogP contribution in [0.25, 0.3) is 0 Å². The number of hydrogen-bond acceptors (Lipinski definition) is 3. The van der Waals surface area contributed by atoms with Gasteiger partial charge < -0.3 is 4.74 Å². The lowest BCUT2D eigenvalue weighted by molar-refractivity contribution is -0.143. The summed E-state index contributed by atoms with van der Waals surface area (Å²) in [5, 5.41) is 8.77. The second-order valence-corrected chi connectivity index (χ2v) is 4.66. The van der Waals surface area contributed by atoms with Gasteiger partial charge in [-0.3, -0.25) is 4.79 Å². The third-order valence-electron chi connectivity index (χ3n) is 3.12. The number of nitrogens with zero attached hydrogens (tertiary/aromatic N) is 1. The zero-order chi connectivity index (χ0) is 12.4. The van der Waals surface area contributed by atoms with Gasteiger partial charge in [0.25, 0.3) is 0 Å². The number of cyclic esters (lactones) is 1. The lowest BCUT2D eigenvalue weighted by atomic mass is 9.97. The van der Waals surface area contributed by atoms with Gasteiger partial charge in [0.2, 0.25) is 0 Å². The van der Waals surface area contributed by atoms with E-state index in [1.807, 2.05) is 30.3 Å². The zero-order valence-electron chi connectivity index (χ0n) is 10.0. The van der Waals surface area contributed by atoms with Crippen molar-refractivity contribution in [1.82, 2.24) is 0 Å². The van der Waals surface area contributed by atoms with Crippen molar-refractivity contribution in [2.45, 2.75) is 32.3 Å². The van der Waals surface area contributed by atoms with Crippen LogP contribution in [-0.4, -0.2) is 5.97 Å². The molecule has 0 radical (unpaired) electrons. The Morgan fingerprint density at radius 2 is 2.00 bits per heavy atom. The molecule has 0 aliphatic carbocycles. The lowest BCUT2D eigenvalue weighted by Gasteiger charge is -2.11.